The van der Waals surface area contributed by atoms with Crippen molar-refractivity contribution in [3.8, 4) is 0 Å². The minimum atomic E-state index is -1.25. The summed E-state index contributed by atoms with van der Waals surface area (Å²) in [5.74, 6) is -0.308. The highest BCUT2D eigenvalue weighted by Crippen LogP contribution is 2.19. The number of amides is 1. The van der Waals surface area contributed by atoms with Gasteiger partial charge >= 0.3 is 0 Å². The van der Waals surface area contributed by atoms with Crippen molar-refractivity contribution in [3.63, 3.8) is 0 Å². The Hall–Kier alpha value is -1.20. The lowest BCUT2D eigenvalue weighted by molar-refractivity contribution is -0.137. The molecule has 0 aromatic carbocycles. The number of carbonyl (C=O) groups excluding carboxylic acids is 2. The van der Waals surface area contributed by atoms with Crippen molar-refractivity contribution in [3.05, 3.63) is 12.7 Å². The smallest absolute Gasteiger partial charge is 0.249 e. The summed E-state index contributed by atoms with van der Waals surface area (Å²) in [4.78, 5) is 23.2. The molecule has 1 amide bonds. The first kappa shape index (κ1) is 19.8. The van der Waals surface area contributed by atoms with Crippen LogP contribution in [0, 0.1) is 5.41 Å². The lowest BCUT2D eigenvalue weighted by atomic mass is 9.87. The normalized spacial score (nSPS) is 12.8. The molecule has 0 saturated carbocycles. The molecular formula is C16H29NO4. The third-order valence-electron chi connectivity index (χ3n) is 3.44. The molecule has 122 valence electrons. The van der Waals surface area contributed by atoms with Gasteiger partial charge in [0.25, 0.3) is 0 Å². The summed E-state index contributed by atoms with van der Waals surface area (Å²) in [5, 5.41) is 21.5. The molecule has 0 unspecified atom stereocenters. The number of hydrogen-bond donors (Lipinski definition) is 3. The summed E-state index contributed by atoms with van der Waals surface area (Å²) in [5.41, 5.74) is -0.870. The number of allylic oxidation sites excluding steroid dienone is 1. The van der Waals surface area contributed by atoms with E-state index in [0.29, 0.717) is 25.8 Å². The molecular weight excluding hydrogens is 270 g/mol. The number of unbranched alkanes of at least 4 members (excludes halogenated alkanes) is 2. The molecule has 21 heavy (non-hydrogen) atoms. The predicted molar refractivity (Wildman–Crippen MR) is 82.8 cm³/mol. The minimum absolute atomic E-state index is 0.199. The highest BCUT2D eigenvalue weighted by atomic mass is 16.3. The van der Waals surface area contributed by atoms with Crippen LogP contribution < -0.4 is 5.32 Å². The first-order valence-electron chi connectivity index (χ1n) is 7.54. The molecule has 0 radical (unpaired) electrons. The van der Waals surface area contributed by atoms with Gasteiger partial charge in [-0.3, -0.25) is 9.59 Å². The van der Waals surface area contributed by atoms with Gasteiger partial charge in [0.15, 0.2) is 0 Å². The maximum Gasteiger partial charge on any atom is 0.249 e. The Kier molecular flexibility index (Phi) is 9.91. The molecule has 0 saturated heterocycles. The van der Waals surface area contributed by atoms with Crippen LogP contribution in [0.3, 0.4) is 0 Å². The van der Waals surface area contributed by atoms with E-state index in [1.165, 1.54) is 0 Å². The van der Waals surface area contributed by atoms with Gasteiger partial charge in [-0.1, -0.05) is 19.9 Å². The Bertz CT molecular complexity index is 339. The molecule has 0 heterocycles. The largest absolute Gasteiger partial charge is 0.396 e. The fourth-order valence-electron chi connectivity index (χ4n) is 1.77. The molecule has 0 fully saturated rings. The number of aliphatic hydroxyl groups excluding tert-OH is 2. The molecule has 0 rings (SSSR count). The monoisotopic (exact) mass is 299 g/mol. The summed E-state index contributed by atoms with van der Waals surface area (Å²) in [6.07, 6.45) is 4.96. The van der Waals surface area contributed by atoms with Gasteiger partial charge in [-0.15, -0.1) is 6.58 Å². The Balaban J connectivity index is 3.77. The maximum atomic E-state index is 11.7. The van der Waals surface area contributed by atoms with E-state index in [0.717, 1.165) is 19.3 Å². The Morgan fingerprint density at radius 1 is 1.24 bits per heavy atom. The van der Waals surface area contributed by atoms with Crippen LogP contribution in [0.15, 0.2) is 12.7 Å². The van der Waals surface area contributed by atoms with Gasteiger partial charge in [0.1, 0.15) is 11.9 Å². The number of aliphatic hydroxyl groups is 2. The van der Waals surface area contributed by atoms with Crippen LogP contribution in [-0.4, -0.2) is 41.2 Å². The fraction of sp³-hybridized carbons (Fsp3) is 0.750. The van der Waals surface area contributed by atoms with Gasteiger partial charge < -0.3 is 15.5 Å². The summed E-state index contributed by atoms with van der Waals surface area (Å²) >= 11 is 0. The van der Waals surface area contributed by atoms with Crippen molar-refractivity contribution < 1.29 is 19.8 Å². The van der Waals surface area contributed by atoms with Gasteiger partial charge in [-0.2, -0.15) is 0 Å². The second-order valence-corrected chi connectivity index (χ2v) is 6.02. The SMILES string of the molecule is C=CCCCCC(=O)CCCNC(=O)[C@H](O)C(C)(C)CO. The Morgan fingerprint density at radius 3 is 2.43 bits per heavy atom. The molecule has 0 aromatic rings. The molecule has 0 bridgehead atoms. The minimum Gasteiger partial charge on any atom is -0.396 e. The lowest BCUT2D eigenvalue weighted by Crippen LogP contribution is -2.45. The van der Waals surface area contributed by atoms with E-state index in [9.17, 15) is 14.7 Å². The summed E-state index contributed by atoms with van der Waals surface area (Å²) in [6.45, 7) is 6.94. The first-order valence-corrected chi connectivity index (χ1v) is 7.54. The zero-order chi connectivity index (χ0) is 16.3. The lowest BCUT2D eigenvalue weighted by Gasteiger charge is -2.27. The van der Waals surface area contributed by atoms with Crippen LogP contribution in [0.4, 0.5) is 0 Å². The van der Waals surface area contributed by atoms with E-state index in [1.54, 1.807) is 13.8 Å². The predicted octanol–water partition coefficient (Wildman–Crippen LogP) is 1.58. The number of ketones is 1. The average molecular weight is 299 g/mol. The molecule has 0 spiro atoms. The van der Waals surface area contributed by atoms with Crippen molar-refractivity contribution in [2.24, 2.45) is 5.41 Å². The third-order valence-corrected chi connectivity index (χ3v) is 3.44. The van der Waals surface area contributed by atoms with Gasteiger partial charge in [0.05, 0.1) is 6.61 Å². The number of hydrogen-bond acceptors (Lipinski definition) is 4. The second-order valence-electron chi connectivity index (χ2n) is 6.02. The Labute approximate surface area is 127 Å². The van der Waals surface area contributed by atoms with E-state index in [2.05, 4.69) is 11.9 Å². The topological polar surface area (TPSA) is 86.6 Å². The summed E-state index contributed by atoms with van der Waals surface area (Å²) in [6, 6.07) is 0. The van der Waals surface area contributed by atoms with E-state index in [1.807, 2.05) is 6.08 Å². The molecule has 1 atom stereocenters. The van der Waals surface area contributed by atoms with Crippen LogP contribution >= 0.6 is 0 Å². The zero-order valence-electron chi connectivity index (χ0n) is 13.2. The van der Waals surface area contributed by atoms with Crippen LogP contribution in [0.1, 0.15) is 52.4 Å². The molecule has 3 N–H and O–H groups in total. The van der Waals surface area contributed by atoms with E-state index < -0.39 is 17.4 Å². The van der Waals surface area contributed by atoms with Crippen molar-refractivity contribution >= 4 is 11.7 Å². The van der Waals surface area contributed by atoms with Gasteiger partial charge in [0, 0.05) is 24.8 Å². The highest BCUT2D eigenvalue weighted by molar-refractivity contribution is 5.81. The summed E-state index contributed by atoms with van der Waals surface area (Å²) < 4.78 is 0. The van der Waals surface area contributed by atoms with Crippen molar-refractivity contribution in [1.29, 1.82) is 0 Å². The maximum absolute atomic E-state index is 11.7. The van der Waals surface area contributed by atoms with Gasteiger partial charge in [-0.25, -0.2) is 0 Å². The zero-order valence-corrected chi connectivity index (χ0v) is 13.2. The van der Waals surface area contributed by atoms with Crippen LogP contribution in [-0.2, 0) is 9.59 Å². The van der Waals surface area contributed by atoms with E-state index >= 15 is 0 Å². The quantitative estimate of drug-likeness (QED) is 0.377. The van der Waals surface area contributed by atoms with Crippen LogP contribution in [0.2, 0.25) is 0 Å². The molecule has 0 aliphatic rings. The van der Waals surface area contributed by atoms with E-state index in [4.69, 9.17) is 5.11 Å². The molecule has 0 aromatic heterocycles. The standard InChI is InChI=1S/C16H29NO4/c1-4-5-6-7-9-13(19)10-8-11-17-15(21)14(20)16(2,3)12-18/h4,14,18,20H,1,5-12H2,2-3H3,(H,17,21)/t14-/m0/s1. The summed E-state index contributed by atoms with van der Waals surface area (Å²) in [7, 11) is 0. The second kappa shape index (κ2) is 10.5. The molecule has 5 nitrogen and oxygen atoms in total. The molecule has 5 heteroatoms. The highest BCUT2D eigenvalue weighted by Gasteiger charge is 2.32. The fourth-order valence-corrected chi connectivity index (χ4v) is 1.77. The molecule has 0 aliphatic carbocycles. The number of nitrogens with one attached hydrogen (secondary N) is 1. The van der Waals surface area contributed by atoms with Crippen molar-refractivity contribution in [2.45, 2.75) is 58.5 Å². The number of Topliss-reactive ketones (excluding diaryl/α,β-unsaturated/α-hetero) is 1. The van der Waals surface area contributed by atoms with Gasteiger partial charge in [0.2, 0.25) is 5.91 Å². The van der Waals surface area contributed by atoms with Crippen LogP contribution in [0.5, 0.6) is 0 Å². The van der Waals surface area contributed by atoms with Crippen LogP contribution in [0.25, 0.3) is 0 Å². The van der Waals surface area contributed by atoms with E-state index in [-0.39, 0.29) is 12.4 Å². The molecule has 0 aliphatic heterocycles. The van der Waals surface area contributed by atoms with Gasteiger partial charge in [-0.05, 0) is 25.7 Å². The van der Waals surface area contributed by atoms with Crippen molar-refractivity contribution in [2.75, 3.05) is 13.2 Å². The average Bonchev–Trinajstić information content (AvgIpc) is 2.47. The third kappa shape index (κ3) is 8.63. The number of carbonyl (C=O) groups is 2. The Morgan fingerprint density at radius 2 is 1.86 bits per heavy atom. The number of rotatable bonds is 12. The van der Waals surface area contributed by atoms with Crippen molar-refractivity contribution in [1.82, 2.24) is 5.32 Å². The first-order chi connectivity index (χ1) is 9.85.